The van der Waals surface area contributed by atoms with Gasteiger partial charge in [0.2, 0.25) is 0 Å². The molecule has 0 aliphatic carbocycles. The number of hydrogen-bond acceptors (Lipinski definition) is 15. The van der Waals surface area contributed by atoms with E-state index in [1.165, 1.54) is 89.9 Å². The van der Waals surface area contributed by atoms with Crippen LogP contribution in [0.5, 0.6) is 0 Å². The average molecular weight is 1450 g/mol. The normalized spacial score (nSPS) is 14.4. The number of carbonyl (C=O) groups excluding carboxylic acids is 4. The summed E-state index contributed by atoms with van der Waals surface area (Å²) in [5.74, 6) is -0.430. The molecule has 0 saturated carbocycles. The standard InChI is InChI=1S/C81H144O17P2/c1-2-3-4-5-6-7-8-9-10-11-16-23-30-37-44-51-58-65-81(86)94-75-80(93-71-64-57-50-43-36-29-22-19-26-33-40-47-54-61-68-84)77-98-100(89,90)96-73-78(85)72-95-99(87,88)97-76-79(92-70-63-56-49-42-35-28-21-15-13-18-25-32-39-46-53-60-67-83)74-91-69-62-55-48-41-34-27-20-14-12-17-24-31-38-45-52-59-66-82/h6-7,9-10,12-13,16-19,22-23,37,44,66-68,78-80,85H,2-5,8,11,14-15,20-21,24-36,38-43,45-65,69-77H2,1H3,(H,87,88)(H,89,90)/b7-6-,10-9-,17-12-,18-13-,22-19-,23-16-,44-37-/t78-,79+,80+/m0/s1. The van der Waals surface area contributed by atoms with Crippen molar-refractivity contribution in [3.8, 4) is 0 Å². The Kier molecular flexibility index (Phi) is 75.7. The van der Waals surface area contributed by atoms with Gasteiger partial charge in [-0.2, -0.15) is 0 Å². The Hall–Kier alpha value is -3.28. The molecule has 0 bridgehead atoms. The van der Waals surface area contributed by atoms with E-state index in [2.05, 4.69) is 85.9 Å². The van der Waals surface area contributed by atoms with Crippen LogP contribution >= 0.6 is 15.6 Å². The average Bonchev–Trinajstić information content (AvgIpc) is 1.01. The van der Waals surface area contributed by atoms with Crippen molar-refractivity contribution in [3.05, 3.63) is 85.1 Å². The SMILES string of the molecule is CCCCC/C=C\C/C=C\C/C=C\C/C=C\CCCC(=O)OC[C@H](COP(=O)(O)OC[C@@H](O)COP(=O)(O)OC[C@@H](COCCCCCCCCC/C=C\CCCCCCC=O)OCCCCCCCCC/C=C\CCCCCCC=O)OCCCCCCC/C=C\CCCCCCC=O. The Balaban J connectivity index is 5.18. The lowest BCUT2D eigenvalue weighted by Gasteiger charge is -2.21. The number of rotatable bonds is 81. The van der Waals surface area contributed by atoms with E-state index in [9.17, 15) is 43.2 Å². The van der Waals surface area contributed by atoms with Crippen LogP contribution < -0.4 is 0 Å². The molecule has 0 aromatic heterocycles. The molecule has 17 nitrogen and oxygen atoms in total. The summed E-state index contributed by atoms with van der Waals surface area (Å²) >= 11 is 0. The van der Waals surface area contributed by atoms with Crippen LogP contribution in [0.1, 0.15) is 328 Å². The van der Waals surface area contributed by atoms with E-state index in [1.54, 1.807) is 0 Å². The number of unbranched alkanes of at least 4 members (excludes halogenated alkanes) is 38. The fourth-order valence-corrected chi connectivity index (χ4v) is 12.3. The second-order valence-corrected chi connectivity index (χ2v) is 29.4. The van der Waals surface area contributed by atoms with E-state index in [0.717, 1.165) is 211 Å². The molecule has 0 aromatic carbocycles. The summed E-state index contributed by atoms with van der Waals surface area (Å²) in [5, 5.41) is 10.7. The molecule has 0 spiro atoms. The highest BCUT2D eigenvalue weighted by Gasteiger charge is 2.29. The molecular formula is C81H144O17P2. The van der Waals surface area contributed by atoms with Crippen molar-refractivity contribution in [1.82, 2.24) is 0 Å². The fraction of sp³-hybridized carbons (Fsp3) is 0.778. The van der Waals surface area contributed by atoms with Crippen LogP contribution in [0.4, 0.5) is 0 Å². The van der Waals surface area contributed by atoms with Crippen molar-refractivity contribution < 1.29 is 80.2 Å². The molecule has 0 radical (unpaired) electrons. The fourth-order valence-electron chi connectivity index (χ4n) is 10.8. The van der Waals surface area contributed by atoms with Gasteiger partial charge in [0.05, 0.1) is 33.0 Å². The van der Waals surface area contributed by atoms with Gasteiger partial charge in [-0.1, -0.05) is 227 Å². The monoisotopic (exact) mass is 1450 g/mol. The zero-order chi connectivity index (χ0) is 72.7. The molecule has 0 amide bonds. The number of allylic oxidation sites excluding steroid dienone is 14. The zero-order valence-electron chi connectivity index (χ0n) is 62.7. The Morgan fingerprint density at radius 3 is 0.940 bits per heavy atom. The number of aliphatic hydroxyl groups is 1. The first-order valence-corrected chi connectivity index (χ1v) is 42.7. The Bertz CT molecular complexity index is 2130. The number of aldehydes is 3. The molecule has 0 rings (SSSR count). The molecule has 0 fully saturated rings. The molecular weight excluding hydrogens is 1310 g/mol. The highest BCUT2D eigenvalue weighted by molar-refractivity contribution is 7.47. The van der Waals surface area contributed by atoms with Crippen molar-refractivity contribution in [1.29, 1.82) is 0 Å². The van der Waals surface area contributed by atoms with Crippen LogP contribution in [-0.2, 0) is 65.4 Å². The smallest absolute Gasteiger partial charge is 0.463 e. The highest BCUT2D eigenvalue weighted by atomic mass is 31.2. The number of phosphoric acid groups is 2. The highest BCUT2D eigenvalue weighted by Crippen LogP contribution is 2.45. The second-order valence-electron chi connectivity index (χ2n) is 26.5. The third-order valence-electron chi connectivity index (χ3n) is 16.9. The molecule has 0 aromatic rings. The van der Waals surface area contributed by atoms with Crippen molar-refractivity contribution in [3.63, 3.8) is 0 Å². The number of esters is 1. The lowest BCUT2D eigenvalue weighted by atomic mass is 10.1. The van der Waals surface area contributed by atoms with Crippen molar-refractivity contribution >= 4 is 40.5 Å². The minimum atomic E-state index is -4.81. The van der Waals surface area contributed by atoms with Gasteiger partial charge in [0, 0.05) is 45.5 Å². The van der Waals surface area contributed by atoms with E-state index >= 15 is 0 Å². The van der Waals surface area contributed by atoms with Gasteiger partial charge in [0.1, 0.15) is 43.8 Å². The molecule has 3 N–H and O–H groups in total. The molecule has 100 heavy (non-hydrogen) atoms. The minimum Gasteiger partial charge on any atom is -0.463 e. The first kappa shape index (κ1) is 96.7. The topological polar surface area (TPSA) is 237 Å². The Labute approximate surface area is 608 Å². The summed E-state index contributed by atoms with van der Waals surface area (Å²) in [6, 6.07) is 0. The molecule has 19 heteroatoms. The molecule has 0 aliphatic rings. The minimum absolute atomic E-state index is 0.152. The maximum absolute atomic E-state index is 13.1. The molecule has 2 unspecified atom stereocenters. The third-order valence-corrected chi connectivity index (χ3v) is 18.8. The molecule has 0 heterocycles. The van der Waals surface area contributed by atoms with Gasteiger partial charge >= 0.3 is 21.6 Å². The Morgan fingerprint density at radius 1 is 0.320 bits per heavy atom. The third kappa shape index (κ3) is 77.3. The lowest BCUT2D eigenvalue weighted by molar-refractivity contribution is -0.149. The van der Waals surface area contributed by atoms with Gasteiger partial charge in [-0.15, -0.1) is 0 Å². The summed E-state index contributed by atoms with van der Waals surface area (Å²) < 4.78 is 70.6. The first-order valence-electron chi connectivity index (χ1n) is 39.7. The lowest BCUT2D eigenvalue weighted by Crippen LogP contribution is -2.28. The van der Waals surface area contributed by atoms with Crippen LogP contribution in [0, 0.1) is 0 Å². The Morgan fingerprint density at radius 2 is 0.590 bits per heavy atom. The maximum atomic E-state index is 13.1. The molecule has 0 saturated heterocycles. The summed E-state index contributed by atoms with van der Waals surface area (Å²) in [6.45, 7) is 1.11. The molecule has 5 atom stereocenters. The predicted molar refractivity (Wildman–Crippen MR) is 409 cm³/mol. The number of carbonyl (C=O) groups is 4. The summed E-state index contributed by atoms with van der Waals surface area (Å²) in [4.78, 5) is 65.5. The zero-order valence-corrected chi connectivity index (χ0v) is 64.5. The van der Waals surface area contributed by atoms with Gasteiger partial charge in [0.15, 0.2) is 0 Å². The number of aliphatic hydroxyl groups excluding tert-OH is 1. The van der Waals surface area contributed by atoms with Gasteiger partial charge < -0.3 is 48.2 Å². The van der Waals surface area contributed by atoms with E-state index in [-0.39, 0.29) is 26.2 Å². The first-order chi connectivity index (χ1) is 49.0. The molecule has 580 valence electrons. The summed E-state index contributed by atoms with van der Waals surface area (Å²) in [5.41, 5.74) is 0. The number of phosphoric ester groups is 2. The van der Waals surface area contributed by atoms with Crippen molar-refractivity contribution in [2.75, 3.05) is 59.5 Å². The van der Waals surface area contributed by atoms with E-state index < -0.39 is 59.7 Å². The largest absolute Gasteiger partial charge is 0.472 e. The quantitative estimate of drug-likeness (QED) is 0.0169. The number of ether oxygens (including phenoxy) is 4. The summed E-state index contributed by atoms with van der Waals surface area (Å²) in [7, 11) is -9.55. The van der Waals surface area contributed by atoms with Crippen LogP contribution in [0.25, 0.3) is 0 Å². The summed E-state index contributed by atoms with van der Waals surface area (Å²) in [6.07, 6.45) is 81.9. The van der Waals surface area contributed by atoms with E-state index in [1.807, 2.05) is 6.08 Å². The van der Waals surface area contributed by atoms with Gasteiger partial charge in [-0.05, 0) is 161 Å². The van der Waals surface area contributed by atoms with Crippen molar-refractivity contribution in [2.24, 2.45) is 0 Å². The van der Waals surface area contributed by atoms with E-state index in [4.69, 9.17) is 37.0 Å². The van der Waals surface area contributed by atoms with Crippen molar-refractivity contribution in [2.45, 2.75) is 346 Å². The van der Waals surface area contributed by atoms with Gasteiger partial charge in [-0.3, -0.25) is 22.9 Å². The predicted octanol–water partition coefficient (Wildman–Crippen LogP) is 22.0. The second kappa shape index (κ2) is 78.3. The van der Waals surface area contributed by atoms with E-state index in [0.29, 0.717) is 51.9 Å². The van der Waals surface area contributed by atoms with Gasteiger partial charge in [0.25, 0.3) is 0 Å². The molecule has 0 aliphatic heterocycles. The van der Waals surface area contributed by atoms with Gasteiger partial charge in [-0.25, -0.2) is 9.13 Å². The van der Waals surface area contributed by atoms with Crippen LogP contribution in [0.15, 0.2) is 85.1 Å². The van der Waals surface area contributed by atoms with Crippen LogP contribution in [-0.4, -0.2) is 117 Å². The maximum Gasteiger partial charge on any atom is 0.472 e. The van der Waals surface area contributed by atoms with Crippen LogP contribution in [0.2, 0.25) is 0 Å². The number of hydrogen-bond donors (Lipinski definition) is 3. The van der Waals surface area contributed by atoms with Crippen LogP contribution in [0.3, 0.4) is 0 Å².